The fourth-order valence-electron chi connectivity index (χ4n) is 2.67. The molecule has 3 heteroatoms. The SMILES string of the molecule is CCOc1ccc(C(NC)C2CC2(C)C)c(Br)c1. The summed E-state index contributed by atoms with van der Waals surface area (Å²) >= 11 is 3.67. The van der Waals surface area contributed by atoms with Crippen molar-refractivity contribution in [2.45, 2.75) is 33.2 Å². The van der Waals surface area contributed by atoms with Crippen molar-refractivity contribution < 1.29 is 4.74 Å². The van der Waals surface area contributed by atoms with Crippen molar-refractivity contribution in [3.63, 3.8) is 0 Å². The highest BCUT2D eigenvalue weighted by Gasteiger charge is 2.50. The standard InChI is InChI=1S/C15H22BrNO/c1-5-18-10-6-7-11(13(16)8-10)14(17-4)12-9-15(12,2)3/h6-8,12,14,17H,5,9H2,1-4H3. The Morgan fingerprint density at radius 2 is 2.17 bits per heavy atom. The summed E-state index contributed by atoms with van der Waals surface area (Å²) in [5, 5.41) is 3.46. The molecule has 0 aliphatic heterocycles. The Balaban J connectivity index is 2.21. The topological polar surface area (TPSA) is 21.3 Å². The van der Waals surface area contributed by atoms with Crippen molar-refractivity contribution >= 4 is 15.9 Å². The van der Waals surface area contributed by atoms with E-state index in [1.165, 1.54) is 12.0 Å². The summed E-state index contributed by atoms with van der Waals surface area (Å²) in [5.74, 6) is 1.65. The van der Waals surface area contributed by atoms with Crippen LogP contribution < -0.4 is 10.1 Å². The van der Waals surface area contributed by atoms with Gasteiger partial charge >= 0.3 is 0 Å². The van der Waals surface area contributed by atoms with E-state index >= 15 is 0 Å². The number of hydrogen-bond acceptors (Lipinski definition) is 2. The summed E-state index contributed by atoms with van der Waals surface area (Å²) in [7, 11) is 2.04. The first-order chi connectivity index (χ1) is 8.49. The Hall–Kier alpha value is -0.540. The number of rotatable bonds is 5. The second-order valence-corrected chi connectivity index (χ2v) is 6.54. The summed E-state index contributed by atoms with van der Waals surface area (Å²) in [5.41, 5.74) is 1.79. The van der Waals surface area contributed by atoms with Gasteiger partial charge in [-0.2, -0.15) is 0 Å². The summed E-state index contributed by atoms with van der Waals surface area (Å²) < 4.78 is 6.66. The second-order valence-electron chi connectivity index (χ2n) is 5.68. The predicted molar refractivity (Wildman–Crippen MR) is 79.0 cm³/mol. The molecule has 2 unspecified atom stereocenters. The monoisotopic (exact) mass is 311 g/mol. The lowest BCUT2D eigenvalue weighted by atomic mass is 9.97. The van der Waals surface area contributed by atoms with Gasteiger partial charge in [0.1, 0.15) is 5.75 Å². The maximum Gasteiger partial charge on any atom is 0.120 e. The molecular weight excluding hydrogens is 290 g/mol. The molecule has 0 aromatic heterocycles. The fourth-order valence-corrected chi connectivity index (χ4v) is 3.27. The van der Waals surface area contributed by atoms with E-state index in [4.69, 9.17) is 4.74 Å². The van der Waals surface area contributed by atoms with Crippen LogP contribution in [-0.2, 0) is 0 Å². The highest BCUT2D eigenvalue weighted by Crippen LogP contribution is 2.58. The summed E-state index contributed by atoms with van der Waals surface area (Å²) in [6.07, 6.45) is 1.29. The van der Waals surface area contributed by atoms with Gasteiger partial charge in [-0.15, -0.1) is 0 Å². The van der Waals surface area contributed by atoms with Crippen LogP contribution in [0.3, 0.4) is 0 Å². The number of hydrogen-bond donors (Lipinski definition) is 1. The average Bonchev–Trinajstić information content (AvgIpc) is 2.92. The van der Waals surface area contributed by atoms with Gasteiger partial charge < -0.3 is 10.1 Å². The Morgan fingerprint density at radius 1 is 1.50 bits per heavy atom. The molecule has 0 spiro atoms. The number of halogens is 1. The molecule has 18 heavy (non-hydrogen) atoms. The van der Waals surface area contributed by atoms with Crippen LogP contribution in [0.4, 0.5) is 0 Å². The molecule has 2 nitrogen and oxygen atoms in total. The molecule has 0 bridgehead atoms. The van der Waals surface area contributed by atoms with Crippen LogP contribution in [0.1, 0.15) is 38.8 Å². The van der Waals surface area contributed by atoms with E-state index in [9.17, 15) is 0 Å². The average molecular weight is 312 g/mol. The quantitative estimate of drug-likeness (QED) is 0.882. The minimum atomic E-state index is 0.421. The molecular formula is C15H22BrNO. The largest absolute Gasteiger partial charge is 0.494 e. The molecule has 100 valence electrons. The molecule has 2 atom stereocenters. The zero-order valence-corrected chi connectivity index (χ0v) is 13.2. The maximum absolute atomic E-state index is 5.52. The molecule has 1 aliphatic rings. The van der Waals surface area contributed by atoms with Crippen molar-refractivity contribution in [2.24, 2.45) is 11.3 Å². The third-order valence-electron chi connectivity index (χ3n) is 3.92. The van der Waals surface area contributed by atoms with Crippen LogP contribution in [0.2, 0.25) is 0 Å². The van der Waals surface area contributed by atoms with Gasteiger partial charge in [-0.3, -0.25) is 0 Å². The van der Waals surface area contributed by atoms with Gasteiger partial charge in [0.25, 0.3) is 0 Å². The van der Waals surface area contributed by atoms with Crippen molar-refractivity contribution in [1.29, 1.82) is 0 Å². The van der Waals surface area contributed by atoms with E-state index < -0.39 is 0 Å². The molecule has 0 radical (unpaired) electrons. The number of benzene rings is 1. The van der Waals surface area contributed by atoms with Crippen LogP contribution in [-0.4, -0.2) is 13.7 Å². The van der Waals surface area contributed by atoms with Gasteiger partial charge in [0.15, 0.2) is 0 Å². The Kier molecular flexibility index (Phi) is 4.02. The minimum absolute atomic E-state index is 0.421. The van der Waals surface area contributed by atoms with Crippen LogP contribution in [0.15, 0.2) is 22.7 Å². The van der Waals surface area contributed by atoms with Gasteiger partial charge in [0, 0.05) is 10.5 Å². The molecule has 1 aromatic rings. The molecule has 0 heterocycles. The number of ether oxygens (including phenoxy) is 1. The first kappa shape index (κ1) is 13.9. The van der Waals surface area contributed by atoms with Gasteiger partial charge in [-0.1, -0.05) is 35.8 Å². The van der Waals surface area contributed by atoms with Crippen LogP contribution in [0, 0.1) is 11.3 Å². The second kappa shape index (κ2) is 5.22. The molecule has 1 fully saturated rings. The highest BCUT2D eigenvalue weighted by atomic mass is 79.9. The molecule has 0 amide bonds. The molecule has 0 saturated heterocycles. The van der Waals surface area contributed by atoms with Gasteiger partial charge in [0.05, 0.1) is 6.61 Å². The van der Waals surface area contributed by atoms with Crippen molar-refractivity contribution in [3.05, 3.63) is 28.2 Å². The van der Waals surface area contributed by atoms with Crippen molar-refractivity contribution in [3.8, 4) is 5.75 Å². The Labute approximate surface area is 118 Å². The first-order valence-corrected chi connectivity index (χ1v) is 7.38. The predicted octanol–water partition coefficient (Wildman–Crippen LogP) is 4.15. The lowest BCUT2D eigenvalue weighted by Crippen LogP contribution is -2.21. The van der Waals surface area contributed by atoms with Crippen LogP contribution in [0.25, 0.3) is 0 Å². The first-order valence-electron chi connectivity index (χ1n) is 6.59. The highest BCUT2D eigenvalue weighted by molar-refractivity contribution is 9.10. The summed E-state index contributed by atoms with van der Waals surface area (Å²) in [6, 6.07) is 6.72. The smallest absolute Gasteiger partial charge is 0.120 e. The van der Waals surface area contributed by atoms with Crippen molar-refractivity contribution in [1.82, 2.24) is 5.32 Å². The molecule has 2 rings (SSSR count). The van der Waals surface area contributed by atoms with Gasteiger partial charge in [0.2, 0.25) is 0 Å². The van der Waals surface area contributed by atoms with E-state index in [2.05, 4.69) is 53.3 Å². The van der Waals surface area contributed by atoms with E-state index in [1.54, 1.807) is 0 Å². The van der Waals surface area contributed by atoms with E-state index in [0.717, 1.165) is 16.1 Å². The zero-order chi connectivity index (χ0) is 13.3. The van der Waals surface area contributed by atoms with Crippen LogP contribution >= 0.6 is 15.9 Å². The zero-order valence-electron chi connectivity index (χ0n) is 11.6. The van der Waals surface area contributed by atoms with Gasteiger partial charge in [-0.05, 0) is 49.4 Å². The van der Waals surface area contributed by atoms with E-state index in [1.807, 2.05) is 14.0 Å². The van der Waals surface area contributed by atoms with Crippen molar-refractivity contribution in [2.75, 3.05) is 13.7 Å². The third-order valence-corrected chi connectivity index (χ3v) is 4.61. The number of nitrogens with one attached hydrogen (secondary N) is 1. The summed E-state index contributed by atoms with van der Waals surface area (Å²) in [6.45, 7) is 7.39. The van der Waals surface area contributed by atoms with E-state index in [0.29, 0.717) is 18.1 Å². The van der Waals surface area contributed by atoms with Gasteiger partial charge in [-0.25, -0.2) is 0 Å². The maximum atomic E-state index is 5.52. The molecule has 1 N–H and O–H groups in total. The minimum Gasteiger partial charge on any atom is -0.494 e. The molecule has 1 aromatic carbocycles. The van der Waals surface area contributed by atoms with Crippen LogP contribution in [0.5, 0.6) is 5.75 Å². The molecule has 1 saturated carbocycles. The fraction of sp³-hybridized carbons (Fsp3) is 0.600. The summed E-state index contributed by atoms with van der Waals surface area (Å²) in [4.78, 5) is 0. The Bertz CT molecular complexity index is 431. The molecule has 1 aliphatic carbocycles. The lowest BCUT2D eigenvalue weighted by molar-refractivity contribution is 0.339. The third kappa shape index (κ3) is 2.72. The Morgan fingerprint density at radius 3 is 2.61 bits per heavy atom. The van der Waals surface area contributed by atoms with E-state index in [-0.39, 0.29) is 0 Å². The normalized spacial score (nSPS) is 22.6. The lowest BCUT2D eigenvalue weighted by Gasteiger charge is -2.20.